The van der Waals surface area contributed by atoms with Crippen molar-refractivity contribution in [2.45, 2.75) is 77.5 Å². The van der Waals surface area contributed by atoms with E-state index in [1.54, 1.807) is 73.2 Å². The van der Waals surface area contributed by atoms with E-state index in [4.69, 9.17) is 46.4 Å². The zero-order chi connectivity index (χ0) is 84.2. The highest BCUT2D eigenvalue weighted by molar-refractivity contribution is 6.35. The van der Waals surface area contributed by atoms with Crippen LogP contribution in [-0.4, -0.2) is 198 Å². The number of aromatic amines is 1. The monoisotopic (exact) mass is 1710 g/mol. The van der Waals surface area contributed by atoms with Crippen LogP contribution in [0.1, 0.15) is 124 Å². The van der Waals surface area contributed by atoms with Crippen molar-refractivity contribution < 1.29 is 24.0 Å². The van der Waals surface area contributed by atoms with Crippen molar-refractivity contribution in [1.82, 2.24) is 97.2 Å². The standard InChI is InChI=1S/C19H16ClN3O.C19H20N4O2.C18H15Cl2N3O.C18H18ClN5O.C18H19N5O/c20-15-2-1-3-16(8-15)23-11-21-17-7-12(4-5-18(17)23)19(24)22-9-13-6-14(13)10-22;1-13-4-7-22(8-5-13)19(25)15-10-14-6-9-23(18(14)21-11-15)16-2-3-17(24)20-12-16;19-13-2-1-3-15(9-13)23-11-21-16-8-12(4-5-17(16)23)18(24)22-7-6-14(20)10-22;1-12-2-4-23(5-3-12)18(25)13-6-15-16(19)10-24(17(15)22-7-13)14-8-20-11-21-9-14;1-13-3-7-22(8-4-13)18(24)15-10-14-5-9-23(17(14)20-11-15)16-2-6-19-12-21-16/h1-5,7-8,11,13-14H,6,9-10H2;2-3,6,9-13H,4-5,7-8H2,1H3,(H,20,24);1-5,8-9,11,14H,6-7,10H2;6-12H,2-5H2,1H3;2,5-6,9-13H,3-4,7-8H2,1H3. The summed E-state index contributed by atoms with van der Waals surface area (Å²) >= 11 is 24.6. The fraction of sp³-hybridized carbons (Fsp3) is 0.293. The maximum Gasteiger partial charge on any atom is 0.255 e. The predicted molar refractivity (Wildman–Crippen MR) is 473 cm³/mol. The fourth-order valence-electron chi connectivity index (χ4n) is 16.4. The molecule has 11 aromatic heterocycles. The maximum atomic E-state index is 12.8. The van der Waals surface area contributed by atoms with Gasteiger partial charge in [-0.05, 0) is 196 Å². The Morgan fingerprint density at radius 1 is 0.410 bits per heavy atom. The second-order valence-corrected chi connectivity index (χ2v) is 34.2. The number of carbonyl (C=O) groups is 5. The van der Waals surface area contributed by atoms with Gasteiger partial charge in [0.25, 0.3) is 29.5 Å². The summed E-state index contributed by atoms with van der Waals surface area (Å²) in [5.41, 5.74) is 12.3. The molecule has 30 heteroatoms. The summed E-state index contributed by atoms with van der Waals surface area (Å²) in [4.78, 5) is 125. The predicted octanol–water partition coefficient (Wildman–Crippen LogP) is 16.5. The summed E-state index contributed by atoms with van der Waals surface area (Å²) in [5, 5.41) is 4.56. The first-order valence-corrected chi connectivity index (χ1v) is 42.7. The largest absolute Gasteiger partial charge is 0.339 e. The van der Waals surface area contributed by atoms with Crippen molar-refractivity contribution in [1.29, 1.82) is 0 Å². The number of benzene rings is 4. The van der Waals surface area contributed by atoms with Gasteiger partial charge in [0.1, 0.15) is 48.1 Å². The number of likely N-dealkylation sites (tertiary alicyclic amines) is 5. The Labute approximate surface area is 722 Å². The first kappa shape index (κ1) is 81.9. The van der Waals surface area contributed by atoms with Gasteiger partial charge in [-0.3, -0.25) is 51.6 Å². The minimum absolute atomic E-state index is 0.0114. The fourth-order valence-corrected chi connectivity index (χ4v) is 17.3. The van der Waals surface area contributed by atoms with Crippen LogP contribution in [0.15, 0.2) is 226 Å². The van der Waals surface area contributed by atoms with Crippen molar-refractivity contribution in [3.8, 4) is 28.6 Å². The van der Waals surface area contributed by atoms with E-state index in [0.717, 1.165) is 193 Å². The van der Waals surface area contributed by atoms with E-state index < -0.39 is 0 Å². The number of hydrogen-bond acceptors (Lipinski definition) is 15. The highest BCUT2D eigenvalue weighted by Gasteiger charge is 2.47. The normalized spacial score (nSPS) is 17.3. The molecule has 3 atom stereocenters. The lowest BCUT2D eigenvalue weighted by Gasteiger charge is -2.30. The van der Waals surface area contributed by atoms with Crippen molar-refractivity contribution in [2.24, 2.45) is 29.6 Å². The summed E-state index contributed by atoms with van der Waals surface area (Å²) in [6, 6.07) is 41.2. The average Bonchev–Trinajstić information content (AvgIpc) is 1.62. The number of aromatic nitrogens is 15. The molecule has 1 N–H and O–H groups in total. The molecule has 5 amide bonds. The van der Waals surface area contributed by atoms with Crippen molar-refractivity contribution in [3.63, 3.8) is 0 Å². The van der Waals surface area contributed by atoms with E-state index in [1.165, 1.54) is 25.1 Å². The molecular formula is C92H88Cl4N20O6. The number of halogens is 4. The van der Waals surface area contributed by atoms with Crippen LogP contribution in [0.5, 0.6) is 0 Å². The van der Waals surface area contributed by atoms with Crippen LogP contribution in [0, 0.1) is 29.6 Å². The van der Waals surface area contributed by atoms with Gasteiger partial charge in [0, 0.05) is 170 Å². The first-order valence-electron chi connectivity index (χ1n) is 41.2. The topological polar surface area (TPSA) is 275 Å². The van der Waals surface area contributed by atoms with Crippen LogP contribution in [0.2, 0.25) is 15.1 Å². The number of fused-ring (bicyclic) bond motifs is 6. The Kier molecular flexibility index (Phi) is 24.2. The summed E-state index contributed by atoms with van der Waals surface area (Å²) in [7, 11) is 0. The molecule has 0 spiro atoms. The van der Waals surface area contributed by atoms with Crippen LogP contribution < -0.4 is 5.56 Å². The number of hydrogen-bond donors (Lipinski definition) is 1. The summed E-state index contributed by atoms with van der Waals surface area (Å²) in [6.07, 6.45) is 32.3. The Morgan fingerprint density at radius 3 is 1.39 bits per heavy atom. The molecule has 5 aliphatic heterocycles. The number of imidazole rings is 2. The second kappa shape index (κ2) is 36.1. The van der Waals surface area contributed by atoms with E-state index in [1.807, 2.05) is 176 Å². The molecule has 3 unspecified atom stereocenters. The maximum absolute atomic E-state index is 12.8. The molecule has 122 heavy (non-hydrogen) atoms. The van der Waals surface area contributed by atoms with Crippen molar-refractivity contribution in [3.05, 3.63) is 274 Å². The summed E-state index contributed by atoms with van der Waals surface area (Å²) in [6.45, 7) is 14.7. The minimum atomic E-state index is -0.142. The zero-order valence-corrected chi connectivity index (χ0v) is 70.5. The molecule has 6 aliphatic rings. The van der Waals surface area contributed by atoms with Crippen LogP contribution in [0.3, 0.4) is 0 Å². The van der Waals surface area contributed by atoms with Gasteiger partial charge in [-0.15, -0.1) is 11.6 Å². The lowest BCUT2D eigenvalue weighted by Crippen LogP contribution is -2.37. The highest BCUT2D eigenvalue weighted by atomic mass is 35.5. The molecule has 0 bridgehead atoms. The number of rotatable bonds is 10. The Hall–Kier alpha value is -12.5. The molecule has 15 aromatic rings. The smallest absolute Gasteiger partial charge is 0.255 e. The first-order chi connectivity index (χ1) is 59.3. The third-order valence-electron chi connectivity index (χ3n) is 23.7. The van der Waals surface area contributed by atoms with Crippen LogP contribution >= 0.6 is 46.4 Å². The molecule has 5 saturated heterocycles. The molecule has 0 radical (unpaired) electrons. The van der Waals surface area contributed by atoms with Crippen molar-refractivity contribution in [2.75, 3.05) is 65.4 Å². The third kappa shape index (κ3) is 18.1. The molecule has 6 fully saturated rings. The zero-order valence-electron chi connectivity index (χ0n) is 67.4. The molecule has 21 rings (SSSR count). The van der Waals surface area contributed by atoms with E-state index in [-0.39, 0.29) is 40.5 Å². The number of amides is 5. The Balaban J connectivity index is 0.000000108. The number of H-pyrrole nitrogens is 1. The van der Waals surface area contributed by atoms with Crippen LogP contribution in [-0.2, 0) is 0 Å². The summed E-state index contributed by atoms with van der Waals surface area (Å²) < 4.78 is 9.56. The number of carbonyl (C=O) groups excluding carboxylic acids is 5. The number of alkyl halides is 1. The Bertz CT molecular complexity index is 6270. The molecular weight excluding hydrogens is 1620 g/mol. The summed E-state index contributed by atoms with van der Waals surface area (Å²) in [5.74, 6) is 4.63. The van der Waals surface area contributed by atoms with Gasteiger partial charge in [0.2, 0.25) is 5.56 Å². The molecule has 16 heterocycles. The molecule has 1 aliphatic carbocycles. The van der Waals surface area contributed by atoms with E-state index in [0.29, 0.717) is 73.8 Å². The SMILES string of the molecule is CC1CCN(C(=O)c2cnc3c(c2)c(Cl)cn3-c2cncnc2)CC1.CC1CCN(C(=O)c2cnc3c(ccn3-c3ccc(=O)[nH]c3)c2)CC1.CC1CCN(C(=O)c2cnc3c(ccn3-c3ccncn3)c2)CC1.O=C(c1ccc2c(c1)ncn2-c1cccc(Cl)c1)N1CC2CC2C1.O=C(c1ccc2c(c1)ncn2-c1cccc(Cl)c1)N1CCC(Cl)C1. The van der Waals surface area contributed by atoms with Crippen LogP contribution in [0.4, 0.5) is 0 Å². The molecule has 4 aromatic carbocycles. The van der Waals surface area contributed by atoms with Crippen molar-refractivity contribution >= 4 is 131 Å². The lowest BCUT2D eigenvalue weighted by molar-refractivity contribution is 0.0689. The number of nitrogens with one attached hydrogen (secondary N) is 1. The highest BCUT2D eigenvalue weighted by Crippen LogP contribution is 2.45. The number of piperidine rings is 4. The van der Waals surface area contributed by atoms with Gasteiger partial charge in [-0.1, -0.05) is 67.7 Å². The van der Waals surface area contributed by atoms with E-state index >= 15 is 0 Å². The van der Waals surface area contributed by atoms with Gasteiger partial charge in [0.05, 0.1) is 72.9 Å². The van der Waals surface area contributed by atoms with Gasteiger partial charge >= 0.3 is 0 Å². The lowest BCUT2D eigenvalue weighted by atomic mass is 9.99. The van der Waals surface area contributed by atoms with Crippen LogP contribution in [0.25, 0.3) is 83.7 Å². The minimum Gasteiger partial charge on any atom is -0.339 e. The third-order valence-corrected chi connectivity index (χ3v) is 24.9. The molecule has 620 valence electrons. The van der Waals surface area contributed by atoms with E-state index in [2.05, 4.69) is 70.6 Å². The van der Waals surface area contributed by atoms with Gasteiger partial charge in [0.15, 0.2) is 0 Å². The quantitative estimate of drug-likeness (QED) is 0.125. The number of nitrogens with zero attached hydrogens (tertiary/aromatic N) is 19. The second-order valence-electron chi connectivity index (χ2n) is 32.3. The van der Waals surface area contributed by atoms with E-state index in [9.17, 15) is 28.8 Å². The Morgan fingerprint density at radius 2 is 0.902 bits per heavy atom. The molecule has 26 nitrogen and oxygen atoms in total. The van der Waals surface area contributed by atoms with Gasteiger partial charge in [-0.2, -0.15) is 0 Å². The van der Waals surface area contributed by atoms with Gasteiger partial charge < -0.3 is 29.5 Å². The average molecular weight is 1710 g/mol. The van der Waals surface area contributed by atoms with Gasteiger partial charge in [-0.25, -0.2) is 44.9 Å². The number of pyridine rings is 4. The molecule has 1 saturated carbocycles.